The molecule has 0 spiro atoms. The maximum atomic E-state index is 8.92. The Morgan fingerprint density at radius 2 is 1.86 bits per heavy atom. The van der Waals surface area contributed by atoms with Crippen molar-refractivity contribution in [2.75, 3.05) is 13.2 Å². The van der Waals surface area contributed by atoms with Crippen molar-refractivity contribution in [1.29, 1.82) is 0 Å². The van der Waals surface area contributed by atoms with Crippen LogP contribution in [0.5, 0.6) is 0 Å². The first-order valence-corrected chi connectivity index (χ1v) is 6.54. The van der Waals surface area contributed by atoms with Crippen LogP contribution in [-0.2, 0) is 0 Å². The minimum absolute atomic E-state index is 0.284. The van der Waals surface area contributed by atoms with Gasteiger partial charge < -0.3 is 10.4 Å². The Labute approximate surface area is 92.9 Å². The van der Waals surface area contributed by atoms with E-state index in [1.54, 1.807) is 0 Å². The van der Waals surface area contributed by atoms with E-state index in [0.29, 0.717) is 16.5 Å². The standard InChI is InChI=1S/C11H25NOS/c1-5-6-12-9(2)7-10(3)14-11(4)8-13/h9-13H,5-8H2,1-4H3. The molecule has 0 saturated carbocycles. The molecule has 86 valence electrons. The third-order valence-electron chi connectivity index (χ3n) is 2.15. The van der Waals surface area contributed by atoms with Gasteiger partial charge in [0.05, 0.1) is 6.61 Å². The van der Waals surface area contributed by atoms with E-state index in [2.05, 4.69) is 33.0 Å². The van der Waals surface area contributed by atoms with Crippen molar-refractivity contribution < 1.29 is 5.11 Å². The molecule has 0 fully saturated rings. The molecule has 0 aromatic carbocycles. The van der Waals surface area contributed by atoms with Gasteiger partial charge in [0.25, 0.3) is 0 Å². The number of aliphatic hydroxyl groups is 1. The number of hydrogen-bond donors (Lipinski definition) is 2. The zero-order valence-corrected chi connectivity index (χ0v) is 10.7. The summed E-state index contributed by atoms with van der Waals surface area (Å²) in [5, 5.41) is 13.4. The number of aliphatic hydroxyl groups excluding tert-OH is 1. The second kappa shape index (κ2) is 8.57. The van der Waals surface area contributed by atoms with Gasteiger partial charge in [-0.15, -0.1) is 0 Å². The van der Waals surface area contributed by atoms with Crippen LogP contribution >= 0.6 is 11.8 Å². The van der Waals surface area contributed by atoms with Crippen LogP contribution in [0.2, 0.25) is 0 Å². The minimum atomic E-state index is 0.284. The Bertz CT molecular complexity index is 132. The number of thioether (sulfide) groups is 1. The lowest BCUT2D eigenvalue weighted by atomic mass is 10.2. The quantitative estimate of drug-likeness (QED) is 0.657. The zero-order chi connectivity index (χ0) is 11.0. The lowest BCUT2D eigenvalue weighted by Gasteiger charge is -2.20. The van der Waals surface area contributed by atoms with E-state index in [-0.39, 0.29) is 6.61 Å². The summed E-state index contributed by atoms with van der Waals surface area (Å²) >= 11 is 1.87. The van der Waals surface area contributed by atoms with E-state index in [0.717, 1.165) is 6.54 Å². The van der Waals surface area contributed by atoms with Crippen LogP contribution in [0.4, 0.5) is 0 Å². The first-order valence-electron chi connectivity index (χ1n) is 5.59. The molecule has 0 aromatic heterocycles. The van der Waals surface area contributed by atoms with Crippen molar-refractivity contribution in [1.82, 2.24) is 5.32 Å². The Morgan fingerprint density at radius 3 is 2.36 bits per heavy atom. The van der Waals surface area contributed by atoms with Gasteiger partial charge in [-0.3, -0.25) is 0 Å². The molecule has 0 aromatic rings. The van der Waals surface area contributed by atoms with Crippen molar-refractivity contribution in [2.24, 2.45) is 0 Å². The molecule has 0 rings (SSSR count). The summed E-state index contributed by atoms with van der Waals surface area (Å²) < 4.78 is 0. The lowest BCUT2D eigenvalue weighted by molar-refractivity contribution is 0.299. The van der Waals surface area contributed by atoms with Crippen molar-refractivity contribution >= 4 is 11.8 Å². The Hall–Kier alpha value is 0.270. The van der Waals surface area contributed by atoms with Crippen LogP contribution in [0, 0.1) is 0 Å². The number of rotatable bonds is 8. The van der Waals surface area contributed by atoms with Crippen LogP contribution < -0.4 is 5.32 Å². The van der Waals surface area contributed by atoms with Gasteiger partial charge in [0.1, 0.15) is 0 Å². The monoisotopic (exact) mass is 219 g/mol. The molecule has 0 bridgehead atoms. The van der Waals surface area contributed by atoms with Gasteiger partial charge in [-0.1, -0.05) is 20.8 Å². The van der Waals surface area contributed by atoms with Crippen LogP contribution in [0.25, 0.3) is 0 Å². The SMILES string of the molecule is CCCNC(C)CC(C)SC(C)CO. The highest BCUT2D eigenvalue weighted by molar-refractivity contribution is 8.00. The Morgan fingerprint density at radius 1 is 1.21 bits per heavy atom. The van der Waals surface area contributed by atoms with Crippen LogP contribution in [0.1, 0.15) is 40.5 Å². The average molecular weight is 219 g/mol. The molecule has 0 aliphatic rings. The molecule has 0 heterocycles. The van der Waals surface area contributed by atoms with E-state index in [1.165, 1.54) is 12.8 Å². The van der Waals surface area contributed by atoms with Gasteiger partial charge in [-0.2, -0.15) is 11.8 Å². The summed E-state index contributed by atoms with van der Waals surface area (Å²) in [4.78, 5) is 0. The van der Waals surface area contributed by atoms with E-state index >= 15 is 0 Å². The number of hydrogen-bond acceptors (Lipinski definition) is 3. The third-order valence-corrected chi connectivity index (χ3v) is 3.42. The molecular formula is C11H25NOS. The van der Waals surface area contributed by atoms with Gasteiger partial charge in [0.15, 0.2) is 0 Å². The fraction of sp³-hybridized carbons (Fsp3) is 1.00. The average Bonchev–Trinajstić information content (AvgIpc) is 2.14. The minimum Gasteiger partial charge on any atom is -0.395 e. The van der Waals surface area contributed by atoms with Gasteiger partial charge >= 0.3 is 0 Å². The maximum Gasteiger partial charge on any atom is 0.0547 e. The normalized spacial score (nSPS) is 17.8. The zero-order valence-electron chi connectivity index (χ0n) is 9.92. The predicted molar refractivity (Wildman–Crippen MR) is 66.0 cm³/mol. The topological polar surface area (TPSA) is 32.3 Å². The summed E-state index contributed by atoms with van der Waals surface area (Å²) in [5.74, 6) is 0. The molecule has 0 radical (unpaired) electrons. The first-order chi connectivity index (χ1) is 6.60. The molecule has 14 heavy (non-hydrogen) atoms. The maximum absolute atomic E-state index is 8.92. The molecule has 2 nitrogen and oxygen atoms in total. The van der Waals surface area contributed by atoms with Crippen molar-refractivity contribution in [3.05, 3.63) is 0 Å². The van der Waals surface area contributed by atoms with Gasteiger partial charge in [-0.05, 0) is 26.3 Å². The molecule has 2 N–H and O–H groups in total. The smallest absolute Gasteiger partial charge is 0.0547 e. The molecule has 3 unspecified atom stereocenters. The van der Waals surface area contributed by atoms with E-state index in [1.807, 2.05) is 11.8 Å². The van der Waals surface area contributed by atoms with Crippen LogP contribution in [0.3, 0.4) is 0 Å². The summed E-state index contributed by atoms with van der Waals surface area (Å²) in [7, 11) is 0. The summed E-state index contributed by atoms with van der Waals surface area (Å²) in [6.07, 6.45) is 2.37. The van der Waals surface area contributed by atoms with E-state index < -0.39 is 0 Å². The number of nitrogens with one attached hydrogen (secondary N) is 1. The van der Waals surface area contributed by atoms with Crippen molar-refractivity contribution in [3.8, 4) is 0 Å². The largest absolute Gasteiger partial charge is 0.395 e. The summed E-state index contributed by atoms with van der Waals surface area (Å²) in [6.45, 7) is 10.1. The molecular weight excluding hydrogens is 194 g/mol. The first kappa shape index (κ1) is 14.3. The van der Waals surface area contributed by atoms with Gasteiger partial charge in [0, 0.05) is 16.5 Å². The van der Waals surface area contributed by atoms with Gasteiger partial charge in [0.2, 0.25) is 0 Å². The summed E-state index contributed by atoms with van der Waals surface area (Å²) in [6, 6.07) is 0.586. The molecule has 0 amide bonds. The highest BCUT2D eigenvalue weighted by Crippen LogP contribution is 2.20. The molecule has 3 heteroatoms. The van der Waals surface area contributed by atoms with Crippen molar-refractivity contribution in [3.63, 3.8) is 0 Å². The fourth-order valence-corrected chi connectivity index (χ4v) is 2.75. The summed E-state index contributed by atoms with van der Waals surface area (Å²) in [5.41, 5.74) is 0. The highest BCUT2D eigenvalue weighted by atomic mass is 32.2. The highest BCUT2D eigenvalue weighted by Gasteiger charge is 2.11. The Balaban J connectivity index is 3.54. The molecule has 0 aliphatic carbocycles. The third kappa shape index (κ3) is 7.65. The van der Waals surface area contributed by atoms with Crippen molar-refractivity contribution in [2.45, 2.75) is 57.1 Å². The lowest BCUT2D eigenvalue weighted by Crippen LogP contribution is -2.29. The van der Waals surface area contributed by atoms with Crippen LogP contribution in [0.15, 0.2) is 0 Å². The molecule has 3 atom stereocenters. The molecule has 0 saturated heterocycles. The van der Waals surface area contributed by atoms with E-state index in [4.69, 9.17) is 5.11 Å². The predicted octanol–water partition coefficient (Wildman–Crippen LogP) is 2.27. The fourth-order valence-electron chi connectivity index (χ4n) is 1.47. The second-order valence-corrected chi connectivity index (χ2v) is 5.91. The van der Waals surface area contributed by atoms with Gasteiger partial charge in [-0.25, -0.2) is 0 Å². The van der Waals surface area contributed by atoms with Crippen LogP contribution in [-0.4, -0.2) is 34.8 Å². The second-order valence-electron chi connectivity index (χ2n) is 4.03. The Kier molecular flexibility index (Phi) is 8.73. The molecule has 0 aliphatic heterocycles. The van der Waals surface area contributed by atoms with E-state index in [9.17, 15) is 0 Å².